The topological polar surface area (TPSA) is 126 Å². The Hall–Kier alpha value is -3.98. The van der Waals surface area contributed by atoms with Crippen molar-refractivity contribution < 1.29 is 37.3 Å². The lowest BCUT2D eigenvalue weighted by Crippen LogP contribution is -2.41. The average Bonchev–Trinajstić information content (AvgIpc) is 2.83. The van der Waals surface area contributed by atoms with E-state index in [4.69, 9.17) is 15.2 Å². The maximum atomic E-state index is 13.6. The van der Waals surface area contributed by atoms with Crippen LogP contribution in [0, 0.1) is 11.3 Å². The molecule has 0 saturated carbocycles. The molecule has 1 aliphatic rings. The van der Waals surface area contributed by atoms with Crippen LogP contribution in [0.3, 0.4) is 0 Å². The van der Waals surface area contributed by atoms with Gasteiger partial charge in [0.1, 0.15) is 11.5 Å². The highest BCUT2D eigenvalue weighted by Gasteiger charge is 2.44. The number of ether oxygens (including phenoxy) is 2. The summed E-state index contributed by atoms with van der Waals surface area (Å²) >= 11 is 2.87. The van der Waals surface area contributed by atoms with Crippen LogP contribution < -0.4 is 10.6 Å². The largest absolute Gasteiger partial charge is 0.505 e. The number of nitrogens with two attached hydrogens (primary N) is 1. The molecule has 1 heterocycles. The zero-order valence-corrected chi connectivity index (χ0v) is 19.8. The second kappa shape index (κ2) is 9.71. The summed E-state index contributed by atoms with van der Waals surface area (Å²) in [4.78, 5) is 26.6. The van der Waals surface area contributed by atoms with Crippen molar-refractivity contribution in [3.8, 4) is 11.8 Å². The smallest absolute Gasteiger partial charge is 0.416 e. The number of phenols is 1. The predicted octanol–water partition coefficient (Wildman–Crippen LogP) is 4.07. The summed E-state index contributed by atoms with van der Waals surface area (Å²) in [5, 5.41) is 20.6. The van der Waals surface area contributed by atoms with Crippen molar-refractivity contribution >= 4 is 33.6 Å². The number of alkyl halides is 3. The number of halogens is 4. The van der Waals surface area contributed by atoms with Gasteiger partial charge in [0, 0.05) is 0 Å². The van der Waals surface area contributed by atoms with Crippen molar-refractivity contribution in [2.24, 2.45) is 5.73 Å². The molecule has 12 heteroatoms. The quantitative estimate of drug-likeness (QED) is 0.544. The zero-order chi connectivity index (χ0) is 26.1. The summed E-state index contributed by atoms with van der Waals surface area (Å²) in [6, 6.07) is 11.1. The number of phenolic OH excluding ortho intramolecular Hbond substituents is 1. The van der Waals surface area contributed by atoms with Crippen LogP contribution in [0.4, 0.5) is 18.9 Å². The van der Waals surface area contributed by atoms with E-state index < -0.39 is 58.1 Å². The summed E-state index contributed by atoms with van der Waals surface area (Å²) in [5.74, 6) is -4.66. The fourth-order valence-corrected chi connectivity index (χ4v) is 4.13. The second-order valence-corrected chi connectivity index (χ2v) is 8.01. The molecule has 0 aliphatic carbocycles. The molecule has 3 N–H and O–H groups in total. The van der Waals surface area contributed by atoms with Crippen LogP contribution in [0.1, 0.15) is 17.0 Å². The van der Waals surface area contributed by atoms with Gasteiger partial charge in [0.25, 0.3) is 0 Å². The molecule has 0 amide bonds. The van der Waals surface area contributed by atoms with E-state index in [0.29, 0.717) is 22.6 Å². The van der Waals surface area contributed by atoms with Crippen LogP contribution in [0.5, 0.6) is 5.75 Å². The molecule has 1 atom stereocenters. The molecule has 1 unspecified atom stereocenters. The Balaban J connectivity index is 2.49. The van der Waals surface area contributed by atoms with Gasteiger partial charge in [-0.15, -0.1) is 0 Å². The van der Waals surface area contributed by atoms with Gasteiger partial charge in [0.2, 0.25) is 0 Å². The molecule has 0 saturated heterocycles. The third kappa shape index (κ3) is 4.54. The second-order valence-electron chi connectivity index (χ2n) is 7.16. The lowest BCUT2D eigenvalue weighted by molar-refractivity contribution is -0.139. The number of allylic oxidation sites excluding steroid dienone is 1. The molecule has 2 aromatic rings. The van der Waals surface area contributed by atoms with Crippen LogP contribution in [-0.2, 0) is 25.2 Å². The normalized spacial score (nSPS) is 16.1. The lowest BCUT2D eigenvalue weighted by Gasteiger charge is -2.36. The SMILES string of the molecule is COC(=O)C1=C(C(=O)OC)N(c2cc(C(F)(F)F)cc(Br)c2O)C(N)=C(C#N)C1c1ccccc1. The number of hydrogen-bond acceptors (Lipinski definition) is 8. The number of aromatic hydroxyl groups is 1. The molecular formula is C23H17BrF3N3O5. The Morgan fingerprint density at radius 1 is 1.14 bits per heavy atom. The van der Waals surface area contributed by atoms with E-state index in [1.54, 1.807) is 30.3 Å². The van der Waals surface area contributed by atoms with Crippen molar-refractivity contribution in [2.75, 3.05) is 19.1 Å². The first-order valence-electron chi connectivity index (χ1n) is 9.73. The molecule has 182 valence electrons. The number of carbonyl (C=O) groups is 2. The number of esters is 2. The molecule has 0 spiro atoms. The van der Waals surface area contributed by atoms with Gasteiger partial charge in [-0.25, -0.2) is 9.59 Å². The fourth-order valence-electron chi connectivity index (χ4n) is 3.68. The van der Waals surface area contributed by atoms with Gasteiger partial charge in [-0.2, -0.15) is 18.4 Å². The van der Waals surface area contributed by atoms with Crippen molar-refractivity contribution in [2.45, 2.75) is 12.1 Å². The third-order valence-electron chi connectivity index (χ3n) is 5.22. The van der Waals surface area contributed by atoms with Crippen molar-refractivity contribution in [1.82, 2.24) is 0 Å². The van der Waals surface area contributed by atoms with Crippen LogP contribution in [-0.4, -0.2) is 31.3 Å². The standard InChI is InChI=1S/C23H17BrF3N3O5/c1-34-21(32)17-16(11-6-4-3-5-7-11)13(10-28)20(29)30(18(17)22(33)35-2)15-9-12(23(25,26)27)8-14(24)19(15)31/h3-9,16,31H,29H2,1-2H3. The molecule has 8 nitrogen and oxygen atoms in total. The van der Waals surface area contributed by atoms with E-state index in [1.807, 2.05) is 6.07 Å². The van der Waals surface area contributed by atoms with Crippen LogP contribution in [0.25, 0.3) is 0 Å². The minimum absolute atomic E-state index is 0.266. The molecule has 0 bridgehead atoms. The summed E-state index contributed by atoms with van der Waals surface area (Å²) in [5.41, 5.74) is 3.50. The highest BCUT2D eigenvalue weighted by Crippen LogP contribution is 2.48. The first-order valence-corrected chi connectivity index (χ1v) is 10.5. The summed E-state index contributed by atoms with van der Waals surface area (Å²) in [7, 11) is 2.02. The molecular weight excluding hydrogens is 535 g/mol. The first-order chi connectivity index (χ1) is 16.5. The Morgan fingerprint density at radius 2 is 1.74 bits per heavy atom. The molecule has 0 fully saturated rings. The Kier molecular flexibility index (Phi) is 7.11. The number of nitriles is 1. The number of rotatable bonds is 4. The summed E-state index contributed by atoms with van der Waals surface area (Å²) in [6.45, 7) is 0. The van der Waals surface area contributed by atoms with Gasteiger partial charge in [-0.1, -0.05) is 30.3 Å². The Morgan fingerprint density at radius 3 is 2.26 bits per heavy atom. The van der Waals surface area contributed by atoms with E-state index in [-0.39, 0.29) is 10.0 Å². The monoisotopic (exact) mass is 551 g/mol. The maximum absolute atomic E-state index is 13.6. The summed E-state index contributed by atoms with van der Waals surface area (Å²) in [6.07, 6.45) is -4.84. The third-order valence-corrected chi connectivity index (χ3v) is 5.83. The van der Waals surface area contributed by atoms with Crippen LogP contribution in [0.15, 0.2) is 69.6 Å². The van der Waals surface area contributed by atoms with Crippen LogP contribution >= 0.6 is 15.9 Å². The Bertz CT molecular complexity index is 1300. The molecule has 0 aromatic heterocycles. The van der Waals surface area contributed by atoms with E-state index in [9.17, 15) is 33.1 Å². The van der Waals surface area contributed by atoms with Gasteiger partial charge in [0.05, 0.1) is 53.1 Å². The summed E-state index contributed by atoms with van der Waals surface area (Å²) < 4.78 is 50.0. The van der Waals surface area contributed by atoms with Gasteiger partial charge >= 0.3 is 18.1 Å². The van der Waals surface area contributed by atoms with Crippen molar-refractivity contribution in [3.05, 3.63) is 80.7 Å². The van der Waals surface area contributed by atoms with Gasteiger partial charge in [-0.05, 0) is 33.6 Å². The fraction of sp³-hybridized carbons (Fsp3) is 0.174. The number of anilines is 1. The number of carbonyl (C=O) groups excluding carboxylic acids is 2. The van der Waals surface area contributed by atoms with Gasteiger partial charge in [0.15, 0.2) is 5.75 Å². The predicted molar refractivity (Wildman–Crippen MR) is 120 cm³/mol. The van der Waals surface area contributed by atoms with Gasteiger partial charge < -0.3 is 20.3 Å². The molecule has 1 aliphatic heterocycles. The highest BCUT2D eigenvalue weighted by molar-refractivity contribution is 9.10. The minimum atomic E-state index is -4.84. The van der Waals surface area contributed by atoms with Crippen molar-refractivity contribution in [3.63, 3.8) is 0 Å². The van der Waals surface area contributed by atoms with E-state index >= 15 is 0 Å². The van der Waals surface area contributed by atoms with E-state index in [2.05, 4.69) is 15.9 Å². The lowest BCUT2D eigenvalue weighted by atomic mass is 9.81. The number of methoxy groups -OCH3 is 2. The molecule has 0 radical (unpaired) electrons. The number of hydrogen-bond donors (Lipinski definition) is 2. The maximum Gasteiger partial charge on any atom is 0.416 e. The van der Waals surface area contributed by atoms with Crippen LogP contribution in [0.2, 0.25) is 0 Å². The Labute approximate surface area is 205 Å². The van der Waals surface area contributed by atoms with E-state index in [0.717, 1.165) is 14.2 Å². The minimum Gasteiger partial charge on any atom is -0.505 e. The average molecular weight is 552 g/mol. The number of nitrogens with zero attached hydrogens (tertiary/aromatic N) is 2. The first kappa shape index (κ1) is 25.6. The van der Waals surface area contributed by atoms with Crippen molar-refractivity contribution in [1.29, 1.82) is 5.26 Å². The van der Waals surface area contributed by atoms with E-state index in [1.165, 1.54) is 0 Å². The van der Waals surface area contributed by atoms with Gasteiger partial charge in [-0.3, -0.25) is 4.90 Å². The highest BCUT2D eigenvalue weighted by atomic mass is 79.9. The molecule has 2 aromatic carbocycles. The molecule has 3 rings (SSSR count). The zero-order valence-electron chi connectivity index (χ0n) is 18.2. The molecule has 35 heavy (non-hydrogen) atoms. The number of benzene rings is 2.